The number of phenolic OH excluding ortho intramolecular Hbond substituents is 1. The number of carbonyl (C=O) groups excluding carboxylic acids is 2. The molecule has 2 amide bonds. The van der Waals surface area contributed by atoms with Crippen molar-refractivity contribution in [2.75, 3.05) is 11.5 Å². The van der Waals surface area contributed by atoms with Gasteiger partial charge in [0, 0.05) is 20.5 Å². The molecule has 3 aromatic rings. The molecule has 1 aromatic heterocycles. The summed E-state index contributed by atoms with van der Waals surface area (Å²) in [6.07, 6.45) is 0.829. The van der Waals surface area contributed by atoms with Crippen molar-refractivity contribution in [1.29, 1.82) is 0 Å². The number of hydrogen-bond donors (Lipinski definition) is 2. The van der Waals surface area contributed by atoms with E-state index >= 15 is 0 Å². The van der Waals surface area contributed by atoms with Gasteiger partial charge in [-0.3, -0.25) is 19.3 Å². The van der Waals surface area contributed by atoms with Crippen molar-refractivity contribution >= 4 is 56.5 Å². The maximum atomic E-state index is 13.8. The topological polar surface area (TPSA) is 99.7 Å². The average Bonchev–Trinajstić information content (AvgIpc) is 3.60. The Hall–Kier alpha value is -2.56. The first-order chi connectivity index (χ1) is 17.9. The number of thiazole rings is 1. The molecule has 0 radical (unpaired) electrons. The zero-order valence-corrected chi connectivity index (χ0v) is 22.9. The van der Waals surface area contributed by atoms with Crippen molar-refractivity contribution in [3.63, 3.8) is 0 Å². The first-order valence-corrected chi connectivity index (χ1v) is 14.8. The number of H-pyrrole nitrogens is 1. The van der Waals surface area contributed by atoms with Gasteiger partial charge in [-0.2, -0.15) is 0 Å². The molecule has 1 saturated heterocycles. The van der Waals surface area contributed by atoms with E-state index in [1.54, 1.807) is 30.0 Å². The van der Waals surface area contributed by atoms with Crippen LogP contribution in [-0.2, 0) is 9.59 Å². The summed E-state index contributed by atoms with van der Waals surface area (Å²) in [6, 6.07) is 12.7. The van der Waals surface area contributed by atoms with Crippen molar-refractivity contribution in [2.45, 2.75) is 29.5 Å². The Labute approximate surface area is 229 Å². The molecule has 10 heteroatoms. The van der Waals surface area contributed by atoms with Crippen LogP contribution in [0.15, 0.2) is 56.8 Å². The normalized spacial score (nSPS) is 31.4. The highest BCUT2D eigenvalue weighted by Gasteiger charge is 2.69. The molecule has 2 bridgehead atoms. The number of imide groups is 1. The Bertz CT molecular complexity index is 1500. The van der Waals surface area contributed by atoms with Gasteiger partial charge in [-0.25, -0.2) is 0 Å². The number of ether oxygens (including phenoxy) is 1. The van der Waals surface area contributed by atoms with E-state index in [0.717, 1.165) is 26.4 Å². The molecule has 2 N–H and O–H groups in total. The van der Waals surface area contributed by atoms with Crippen LogP contribution in [0.3, 0.4) is 0 Å². The minimum atomic E-state index is -0.355. The third-order valence-corrected chi connectivity index (χ3v) is 11.6. The second kappa shape index (κ2) is 8.47. The maximum Gasteiger partial charge on any atom is 0.305 e. The molecule has 2 aliphatic carbocycles. The van der Waals surface area contributed by atoms with Crippen LogP contribution < -0.4 is 14.5 Å². The van der Waals surface area contributed by atoms with Gasteiger partial charge < -0.3 is 14.8 Å². The number of thioether (sulfide) groups is 1. The van der Waals surface area contributed by atoms with Gasteiger partial charge in [0.2, 0.25) is 11.8 Å². The predicted octanol–water partition coefficient (Wildman–Crippen LogP) is 4.98. The van der Waals surface area contributed by atoms with Gasteiger partial charge in [0.1, 0.15) is 0 Å². The molecule has 3 fully saturated rings. The van der Waals surface area contributed by atoms with Gasteiger partial charge in [-0.15, -0.1) is 11.8 Å². The lowest BCUT2D eigenvalue weighted by Gasteiger charge is -2.43. The number of nitrogens with one attached hydrogen (secondary N) is 1. The van der Waals surface area contributed by atoms with E-state index in [4.69, 9.17) is 4.74 Å². The van der Waals surface area contributed by atoms with E-state index in [-0.39, 0.29) is 63.2 Å². The van der Waals surface area contributed by atoms with Crippen LogP contribution in [0.5, 0.6) is 11.5 Å². The molecular formula is C27H23BrN2O5S2. The van der Waals surface area contributed by atoms with E-state index in [9.17, 15) is 19.5 Å². The van der Waals surface area contributed by atoms with Crippen LogP contribution in [-0.4, -0.2) is 33.8 Å². The van der Waals surface area contributed by atoms with Crippen molar-refractivity contribution in [3.05, 3.63) is 67.0 Å². The quantitative estimate of drug-likeness (QED) is 0.411. The second-order valence-corrected chi connectivity index (χ2v) is 13.2. The number of hydrogen-bond acceptors (Lipinski definition) is 7. The Morgan fingerprint density at radius 1 is 1.08 bits per heavy atom. The molecule has 0 spiro atoms. The SMILES string of the molecule is CCOc1cc([C@H]2c3sc(=O)[nH]c3SC3C4CC(C5C(=O)N(c6ccc(Br)cc6)C(=O)C45)C32)ccc1O. The monoisotopic (exact) mass is 598 g/mol. The highest BCUT2D eigenvalue weighted by molar-refractivity contribution is 9.10. The summed E-state index contributed by atoms with van der Waals surface area (Å²) in [5.41, 5.74) is 1.57. The number of aromatic nitrogens is 1. The maximum absolute atomic E-state index is 13.8. The number of aromatic amines is 1. The molecule has 7 nitrogen and oxygen atoms in total. The Morgan fingerprint density at radius 3 is 2.54 bits per heavy atom. The fourth-order valence-electron chi connectivity index (χ4n) is 7.23. The number of nitrogens with zero attached hydrogens (tertiary/aromatic N) is 1. The summed E-state index contributed by atoms with van der Waals surface area (Å²) in [5, 5.41) is 11.3. The highest BCUT2D eigenvalue weighted by atomic mass is 79.9. The molecule has 2 saturated carbocycles. The van der Waals surface area contributed by atoms with Crippen LogP contribution in [0.2, 0.25) is 0 Å². The number of rotatable bonds is 4. The average molecular weight is 600 g/mol. The van der Waals surface area contributed by atoms with Crippen LogP contribution in [0.4, 0.5) is 5.69 Å². The minimum Gasteiger partial charge on any atom is -0.504 e. The summed E-state index contributed by atoms with van der Waals surface area (Å²) in [5.74, 6) is -0.352. The molecule has 37 heavy (non-hydrogen) atoms. The van der Waals surface area contributed by atoms with Gasteiger partial charge >= 0.3 is 4.87 Å². The molecule has 3 heterocycles. The summed E-state index contributed by atoms with van der Waals surface area (Å²) >= 11 is 6.31. The first-order valence-electron chi connectivity index (χ1n) is 12.4. The lowest BCUT2D eigenvalue weighted by atomic mass is 9.68. The lowest BCUT2D eigenvalue weighted by Crippen LogP contribution is -2.42. The van der Waals surface area contributed by atoms with Crippen molar-refractivity contribution in [2.24, 2.45) is 29.6 Å². The molecule has 2 aromatic carbocycles. The summed E-state index contributed by atoms with van der Waals surface area (Å²) in [4.78, 5) is 45.2. The predicted molar refractivity (Wildman–Crippen MR) is 144 cm³/mol. The molecule has 6 unspecified atom stereocenters. The zero-order chi connectivity index (χ0) is 25.6. The van der Waals surface area contributed by atoms with Gasteiger partial charge in [0.25, 0.3) is 0 Å². The summed E-state index contributed by atoms with van der Waals surface area (Å²) in [6.45, 7) is 2.29. The number of carbonyl (C=O) groups is 2. The number of aromatic hydroxyl groups is 1. The molecule has 190 valence electrons. The third kappa shape index (κ3) is 3.34. The number of phenols is 1. The van der Waals surface area contributed by atoms with E-state index in [1.165, 1.54) is 16.2 Å². The minimum absolute atomic E-state index is 0.0316. The fraction of sp³-hybridized carbons (Fsp3) is 0.370. The summed E-state index contributed by atoms with van der Waals surface area (Å²) < 4.78 is 6.57. The molecule has 4 aliphatic rings. The second-order valence-electron chi connectivity index (χ2n) is 10.1. The number of benzene rings is 2. The fourth-order valence-corrected chi connectivity index (χ4v) is 10.4. The lowest BCUT2D eigenvalue weighted by molar-refractivity contribution is -0.123. The zero-order valence-electron chi connectivity index (χ0n) is 19.7. The van der Waals surface area contributed by atoms with Gasteiger partial charge in [-0.1, -0.05) is 33.3 Å². The van der Waals surface area contributed by atoms with Crippen LogP contribution in [0, 0.1) is 29.6 Å². The number of fused-ring (bicyclic) bond motifs is 9. The number of anilines is 1. The van der Waals surface area contributed by atoms with Gasteiger partial charge in [-0.05, 0) is 73.1 Å². The van der Waals surface area contributed by atoms with Crippen molar-refractivity contribution in [1.82, 2.24) is 4.98 Å². The van der Waals surface area contributed by atoms with Gasteiger partial charge in [0.15, 0.2) is 11.5 Å². The number of halogens is 1. The first kappa shape index (κ1) is 23.5. The molecule has 7 rings (SSSR count). The third-order valence-electron chi connectivity index (χ3n) is 8.45. The van der Waals surface area contributed by atoms with Crippen LogP contribution in [0.25, 0.3) is 0 Å². The number of amides is 2. The Morgan fingerprint density at radius 2 is 1.81 bits per heavy atom. The van der Waals surface area contributed by atoms with E-state index < -0.39 is 0 Å². The largest absolute Gasteiger partial charge is 0.504 e. The van der Waals surface area contributed by atoms with Crippen LogP contribution >= 0.6 is 39.0 Å². The van der Waals surface area contributed by atoms with Crippen molar-refractivity contribution < 1.29 is 19.4 Å². The smallest absolute Gasteiger partial charge is 0.305 e. The Balaban J connectivity index is 1.32. The molecular weight excluding hydrogens is 576 g/mol. The standard InChI is InChI=1S/C27H23BrN2O5S2/c1-2-35-17-9-11(3-8-16(17)31)18-19-14-10-15(22(19)36-24-23(18)37-27(34)29-24)21-20(14)25(32)30(26(21)33)13-6-4-12(28)5-7-13/h3-9,14-15,18-22,31H,2,10H2,1H3,(H,29,34)/t14?,15?,18-,19?,20?,21?,22?/m1/s1. The highest BCUT2D eigenvalue weighted by Crippen LogP contribution is 2.68. The van der Waals surface area contributed by atoms with E-state index in [1.807, 2.05) is 31.2 Å². The summed E-state index contributed by atoms with van der Waals surface area (Å²) in [7, 11) is 0. The van der Waals surface area contributed by atoms with Gasteiger partial charge in [0.05, 0.1) is 29.2 Å². The van der Waals surface area contributed by atoms with E-state index in [0.29, 0.717) is 18.0 Å². The Kier molecular flexibility index (Phi) is 5.39. The van der Waals surface area contributed by atoms with Crippen molar-refractivity contribution in [3.8, 4) is 11.5 Å². The van der Waals surface area contributed by atoms with E-state index in [2.05, 4.69) is 20.9 Å². The van der Waals surface area contributed by atoms with Crippen LogP contribution in [0.1, 0.15) is 29.7 Å². The molecule has 2 aliphatic heterocycles. The molecule has 7 atom stereocenters.